The summed E-state index contributed by atoms with van der Waals surface area (Å²) < 4.78 is 37.8. The highest BCUT2D eigenvalue weighted by Crippen LogP contribution is 2.29. The van der Waals surface area contributed by atoms with Crippen LogP contribution in [0.1, 0.15) is 16.7 Å². The van der Waals surface area contributed by atoms with Gasteiger partial charge in [0.1, 0.15) is 0 Å². The second-order valence-corrected chi connectivity index (χ2v) is 4.92. The molecule has 0 atom stereocenters. The Labute approximate surface area is 120 Å². The summed E-state index contributed by atoms with van der Waals surface area (Å²) in [6.07, 6.45) is -4.32. The van der Waals surface area contributed by atoms with E-state index in [2.05, 4.69) is 5.32 Å². The lowest BCUT2D eigenvalue weighted by atomic mass is 10.1. The maximum atomic E-state index is 12.6. The van der Waals surface area contributed by atoms with E-state index in [-0.39, 0.29) is 0 Å². The summed E-state index contributed by atoms with van der Waals surface area (Å²) in [5.74, 6) is 0. The van der Waals surface area contributed by atoms with Crippen LogP contribution in [-0.4, -0.2) is 0 Å². The number of benzene rings is 2. The number of alkyl halides is 3. The maximum Gasteiger partial charge on any atom is 0.416 e. The van der Waals surface area contributed by atoms with Gasteiger partial charge < -0.3 is 5.32 Å². The van der Waals surface area contributed by atoms with E-state index in [1.165, 1.54) is 6.07 Å². The van der Waals surface area contributed by atoms with Crippen molar-refractivity contribution in [3.05, 3.63) is 64.2 Å². The van der Waals surface area contributed by atoms with Gasteiger partial charge in [0.05, 0.1) is 5.56 Å². The molecule has 0 spiro atoms. The molecule has 20 heavy (non-hydrogen) atoms. The predicted octanol–water partition coefficient (Wildman–Crippen LogP) is 5.28. The molecule has 1 N–H and O–H groups in total. The summed E-state index contributed by atoms with van der Waals surface area (Å²) in [6.45, 7) is 2.20. The molecule has 0 aliphatic heterocycles. The number of nitrogens with one attached hydrogen (secondary N) is 1. The van der Waals surface area contributed by atoms with Gasteiger partial charge in [-0.2, -0.15) is 13.2 Å². The minimum Gasteiger partial charge on any atom is -0.381 e. The number of aryl methyl sites for hydroxylation is 1. The molecule has 0 saturated heterocycles. The Morgan fingerprint density at radius 3 is 2.50 bits per heavy atom. The SMILES string of the molecule is Cc1ccc(NCc2cccc(C(F)(F)F)c2)cc1Cl. The fourth-order valence-electron chi connectivity index (χ4n) is 1.76. The average Bonchev–Trinajstić information content (AvgIpc) is 2.39. The van der Waals surface area contributed by atoms with Crippen LogP contribution in [0.2, 0.25) is 5.02 Å². The monoisotopic (exact) mass is 299 g/mol. The Hall–Kier alpha value is -1.68. The normalized spacial score (nSPS) is 11.4. The van der Waals surface area contributed by atoms with Crippen LogP contribution >= 0.6 is 11.6 Å². The standard InChI is InChI=1S/C15H13ClF3N/c1-10-5-6-13(8-14(10)16)20-9-11-3-2-4-12(7-11)15(17,18)19/h2-8,20H,9H2,1H3. The zero-order valence-corrected chi connectivity index (χ0v) is 11.5. The molecule has 0 heterocycles. The maximum absolute atomic E-state index is 12.6. The largest absolute Gasteiger partial charge is 0.416 e. The third kappa shape index (κ3) is 3.67. The second kappa shape index (κ2) is 5.75. The molecule has 0 unspecified atom stereocenters. The van der Waals surface area contributed by atoms with E-state index in [4.69, 9.17) is 11.6 Å². The lowest BCUT2D eigenvalue weighted by Gasteiger charge is -2.11. The van der Waals surface area contributed by atoms with Crippen molar-refractivity contribution >= 4 is 17.3 Å². The minimum atomic E-state index is -4.32. The zero-order chi connectivity index (χ0) is 14.8. The van der Waals surface area contributed by atoms with E-state index >= 15 is 0 Å². The van der Waals surface area contributed by atoms with E-state index < -0.39 is 11.7 Å². The molecular weight excluding hydrogens is 287 g/mol. The molecule has 0 bridgehead atoms. The molecule has 2 aromatic rings. The fraction of sp³-hybridized carbons (Fsp3) is 0.200. The van der Waals surface area contributed by atoms with Gasteiger partial charge in [-0.25, -0.2) is 0 Å². The Bertz CT molecular complexity index is 608. The molecule has 0 radical (unpaired) electrons. The van der Waals surface area contributed by atoms with Gasteiger partial charge in [-0.15, -0.1) is 0 Å². The van der Waals surface area contributed by atoms with Crippen molar-refractivity contribution in [1.29, 1.82) is 0 Å². The first-order valence-electron chi connectivity index (χ1n) is 6.02. The third-order valence-electron chi connectivity index (χ3n) is 2.92. The highest BCUT2D eigenvalue weighted by atomic mass is 35.5. The van der Waals surface area contributed by atoms with Crippen LogP contribution in [0.3, 0.4) is 0 Å². The Kier molecular flexibility index (Phi) is 4.23. The Morgan fingerprint density at radius 2 is 1.85 bits per heavy atom. The van der Waals surface area contributed by atoms with Gasteiger partial charge in [-0.05, 0) is 42.3 Å². The minimum absolute atomic E-state index is 0.309. The number of anilines is 1. The van der Waals surface area contributed by atoms with Crippen LogP contribution in [0.4, 0.5) is 18.9 Å². The van der Waals surface area contributed by atoms with Crippen molar-refractivity contribution in [2.75, 3.05) is 5.32 Å². The molecule has 0 aromatic heterocycles. The van der Waals surface area contributed by atoms with Crippen LogP contribution in [-0.2, 0) is 12.7 Å². The highest BCUT2D eigenvalue weighted by molar-refractivity contribution is 6.31. The van der Waals surface area contributed by atoms with E-state index in [1.807, 2.05) is 19.1 Å². The van der Waals surface area contributed by atoms with E-state index in [9.17, 15) is 13.2 Å². The van der Waals surface area contributed by atoms with Crippen LogP contribution in [0.15, 0.2) is 42.5 Å². The number of hydrogen-bond acceptors (Lipinski definition) is 1. The van der Waals surface area contributed by atoms with Gasteiger partial charge in [-0.1, -0.05) is 29.8 Å². The summed E-state index contributed by atoms with van der Waals surface area (Å²) in [6, 6.07) is 10.7. The molecule has 0 aliphatic rings. The number of halogens is 4. The zero-order valence-electron chi connectivity index (χ0n) is 10.8. The first kappa shape index (κ1) is 14.7. The van der Waals surface area contributed by atoms with E-state index in [0.717, 1.165) is 23.4 Å². The molecule has 5 heteroatoms. The van der Waals surface area contributed by atoms with Crippen molar-refractivity contribution in [2.24, 2.45) is 0 Å². The summed E-state index contributed by atoms with van der Waals surface area (Å²) in [4.78, 5) is 0. The molecule has 0 fully saturated rings. The average molecular weight is 300 g/mol. The number of rotatable bonds is 3. The van der Waals surface area contributed by atoms with Crippen molar-refractivity contribution in [1.82, 2.24) is 0 Å². The Morgan fingerprint density at radius 1 is 1.10 bits per heavy atom. The lowest BCUT2D eigenvalue weighted by molar-refractivity contribution is -0.137. The van der Waals surface area contributed by atoms with Gasteiger partial charge in [0.2, 0.25) is 0 Å². The predicted molar refractivity (Wildman–Crippen MR) is 75.0 cm³/mol. The smallest absolute Gasteiger partial charge is 0.381 e. The first-order valence-corrected chi connectivity index (χ1v) is 6.40. The first-order chi connectivity index (χ1) is 9.36. The van der Waals surface area contributed by atoms with E-state index in [1.54, 1.807) is 12.1 Å². The van der Waals surface area contributed by atoms with Crippen molar-refractivity contribution in [2.45, 2.75) is 19.6 Å². The van der Waals surface area contributed by atoms with Gasteiger partial charge >= 0.3 is 6.18 Å². The molecule has 0 aliphatic carbocycles. The molecule has 0 amide bonds. The van der Waals surface area contributed by atoms with Crippen LogP contribution in [0.5, 0.6) is 0 Å². The molecular formula is C15H13ClF3N. The lowest BCUT2D eigenvalue weighted by Crippen LogP contribution is -2.06. The molecule has 2 aromatic carbocycles. The van der Waals surface area contributed by atoms with Crippen molar-refractivity contribution < 1.29 is 13.2 Å². The second-order valence-electron chi connectivity index (χ2n) is 4.52. The third-order valence-corrected chi connectivity index (χ3v) is 3.33. The topological polar surface area (TPSA) is 12.0 Å². The molecule has 106 valence electrons. The summed E-state index contributed by atoms with van der Waals surface area (Å²) in [7, 11) is 0. The van der Waals surface area contributed by atoms with Crippen LogP contribution < -0.4 is 5.32 Å². The van der Waals surface area contributed by atoms with E-state index in [0.29, 0.717) is 17.1 Å². The summed E-state index contributed by atoms with van der Waals surface area (Å²) in [5, 5.41) is 3.68. The summed E-state index contributed by atoms with van der Waals surface area (Å²) >= 11 is 5.99. The van der Waals surface area contributed by atoms with Crippen molar-refractivity contribution in [3.63, 3.8) is 0 Å². The van der Waals surface area contributed by atoms with Crippen molar-refractivity contribution in [3.8, 4) is 0 Å². The summed E-state index contributed by atoms with van der Waals surface area (Å²) in [5.41, 5.74) is 1.66. The van der Waals surface area contributed by atoms with Crippen LogP contribution in [0.25, 0.3) is 0 Å². The quantitative estimate of drug-likeness (QED) is 0.813. The highest BCUT2D eigenvalue weighted by Gasteiger charge is 2.30. The molecule has 2 rings (SSSR count). The number of hydrogen-bond donors (Lipinski definition) is 1. The van der Waals surface area contributed by atoms with Gasteiger partial charge in [0.15, 0.2) is 0 Å². The Balaban J connectivity index is 2.09. The molecule has 0 saturated carbocycles. The van der Waals surface area contributed by atoms with Gasteiger partial charge in [0, 0.05) is 17.3 Å². The molecule has 1 nitrogen and oxygen atoms in total. The van der Waals surface area contributed by atoms with Crippen LogP contribution in [0, 0.1) is 6.92 Å². The van der Waals surface area contributed by atoms with Gasteiger partial charge in [-0.3, -0.25) is 0 Å². The fourth-order valence-corrected chi connectivity index (χ4v) is 1.95. The van der Waals surface area contributed by atoms with Gasteiger partial charge in [0.25, 0.3) is 0 Å².